The van der Waals surface area contributed by atoms with Crippen molar-refractivity contribution in [1.29, 1.82) is 0 Å². The predicted molar refractivity (Wildman–Crippen MR) is 123 cm³/mol. The van der Waals surface area contributed by atoms with E-state index in [1.54, 1.807) is 25.1 Å². The molecule has 0 saturated carbocycles. The van der Waals surface area contributed by atoms with Gasteiger partial charge in [-0.3, -0.25) is 4.79 Å². The number of ether oxygens (including phenoxy) is 1. The normalized spacial score (nSPS) is 14.8. The van der Waals surface area contributed by atoms with Crippen LogP contribution in [-0.2, 0) is 21.3 Å². The lowest BCUT2D eigenvalue weighted by atomic mass is 10.1. The number of nitrogens with zero attached hydrogens (tertiary/aromatic N) is 2. The van der Waals surface area contributed by atoms with Crippen LogP contribution in [0.2, 0.25) is 0 Å². The van der Waals surface area contributed by atoms with Gasteiger partial charge in [0.1, 0.15) is 0 Å². The summed E-state index contributed by atoms with van der Waals surface area (Å²) in [6, 6.07) is 6.23. The second-order valence-electron chi connectivity index (χ2n) is 8.13. The molecule has 32 heavy (non-hydrogen) atoms. The molecule has 2 aromatic rings. The molecule has 172 valence electrons. The fourth-order valence-electron chi connectivity index (χ4n) is 4.03. The largest absolute Gasteiger partial charge is 0.454 e. The maximum Gasteiger partial charge on any atom is 0.338 e. The molecule has 0 N–H and O–H groups in total. The van der Waals surface area contributed by atoms with Gasteiger partial charge in [0.05, 0.1) is 10.5 Å². The fraction of sp³-hybridized carbons (Fsp3) is 0.417. The number of hydrogen-bond acceptors (Lipinski definition) is 5. The molecule has 0 radical (unpaired) electrons. The van der Waals surface area contributed by atoms with Gasteiger partial charge in [0, 0.05) is 36.6 Å². The monoisotopic (exact) mass is 458 g/mol. The summed E-state index contributed by atoms with van der Waals surface area (Å²) in [5.74, 6) is -1.04. The van der Waals surface area contributed by atoms with Crippen molar-refractivity contribution >= 4 is 21.8 Å². The van der Waals surface area contributed by atoms with Crippen LogP contribution in [0.3, 0.4) is 0 Å². The molecule has 1 aromatic carbocycles. The Balaban J connectivity index is 1.75. The van der Waals surface area contributed by atoms with E-state index in [9.17, 15) is 18.0 Å². The van der Waals surface area contributed by atoms with Crippen molar-refractivity contribution in [3.63, 3.8) is 0 Å². The third-order valence-corrected chi connectivity index (χ3v) is 7.92. The van der Waals surface area contributed by atoms with E-state index < -0.39 is 22.6 Å². The summed E-state index contributed by atoms with van der Waals surface area (Å²) in [7, 11) is -3.69. The molecule has 0 spiro atoms. The second-order valence-corrected chi connectivity index (χ2v) is 10.0. The number of piperidine rings is 1. The van der Waals surface area contributed by atoms with Gasteiger partial charge in [-0.2, -0.15) is 4.31 Å². The van der Waals surface area contributed by atoms with Crippen LogP contribution < -0.4 is 0 Å². The van der Waals surface area contributed by atoms with E-state index in [-0.39, 0.29) is 16.2 Å². The molecule has 3 rings (SSSR count). The van der Waals surface area contributed by atoms with E-state index in [0.29, 0.717) is 30.8 Å². The molecule has 0 amide bonds. The quantitative estimate of drug-likeness (QED) is 0.341. The zero-order valence-electron chi connectivity index (χ0n) is 18.9. The van der Waals surface area contributed by atoms with Crippen LogP contribution in [0, 0.1) is 20.8 Å². The van der Waals surface area contributed by atoms with E-state index in [1.165, 1.54) is 16.4 Å². The number of hydrogen-bond donors (Lipinski definition) is 0. The Kier molecular flexibility index (Phi) is 7.36. The van der Waals surface area contributed by atoms with Crippen LogP contribution >= 0.6 is 0 Å². The highest BCUT2D eigenvalue weighted by Crippen LogP contribution is 2.25. The zero-order valence-corrected chi connectivity index (χ0v) is 19.7. The summed E-state index contributed by atoms with van der Waals surface area (Å²) in [6.45, 7) is 10.3. The predicted octanol–water partition coefficient (Wildman–Crippen LogP) is 3.81. The van der Waals surface area contributed by atoms with E-state index in [4.69, 9.17) is 4.74 Å². The van der Waals surface area contributed by atoms with Crippen molar-refractivity contribution in [1.82, 2.24) is 8.87 Å². The van der Waals surface area contributed by atoms with E-state index in [0.717, 1.165) is 30.7 Å². The number of rotatable bonds is 8. The molecular formula is C24H30N2O5S. The number of esters is 1. The van der Waals surface area contributed by atoms with Crippen LogP contribution in [-0.4, -0.2) is 48.7 Å². The highest BCUT2D eigenvalue weighted by molar-refractivity contribution is 7.89. The van der Waals surface area contributed by atoms with Gasteiger partial charge in [-0.1, -0.05) is 18.6 Å². The lowest BCUT2D eigenvalue weighted by Crippen LogP contribution is -2.36. The van der Waals surface area contributed by atoms with Crippen LogP contribution in [0.1, 0.15) is 56.9 Å². The summed E-state index contributed by atoms with van der Waals surface area (Å²) in [5.41, 5.74) is 2.88. The molecule has 8 heteroatoms. The number of aromatic nitrogens is 1. The van der Waals surface area contributed by atoms with Crippen LogP contribution in [0.5, 0.6) is 0 Å². The Hall–Kier alpha value is -2.71. The number of carbonyl (C=O) groups excluding carboxylic acids is 2. The van der Waals surface area contributed by atoms with Crippen molar-refractivity contribution in [2.45, 2.75) is 51.5 Å². The van der Waals surface area contributed by atoms with Gasteiger partial charge in [-0.25, -0.2) is 13.2 Å². The molecule has 0 unspecified atom stereocenters. The van der Waals surface area contributed by atoms with E-state index >= 15 is 0 Å². The molecule has 1 fully saturated rings. The second kappa shape index (κ2) is 9.83. The molecule has 0 bridgehead atoms. The van der Waals surface area contributed by atoms with Gasteiger partial charge in [0.2, 0.25) is 15.8 Å². The molecule has 1 aromatic heterocycles. The number of Topliss-reactive ketones (excluding diaryl/α,β-unsaturated/α-hetero) is 1. The average Bonchev–Trinajstić information content (AvgIpc) is 3.06. The zero-order chi connectivity index (χ0) is 23.5. The number of aryl methyl sites for hydroxylation is 2. The van der Waals surface area contributed by atoms with Gasteiger partial charge in [0.15, 0.2) is 6.61 Å². The lowest BCUT2D eigenvalue weighted by Gasteiger charge is -2.26. The maximum absolute atomic E-state index is 13.1. The topological polar surface area (TPSA) is 85.7 Å². The van der Waals surface area contributed by atoms with Gasteiger partial charge < -0.3 is 9.30 Å². The standard InChI is InChI=1S/C24H30N2O5S/c1-5-11-26-18(3)14-21(19(26)4)22(27)16-31-24(28)20-10-9-17(2)23(15-20)32(29,30)25-12-7-6-8-13-25/h5,9-10,14-15H,1,6-8,11-13,16H2,2-4H3. The molecule has 0 aliphatic carbocycles. The Bertz CT molecular complexity index is 1140. The molecule has 1 aliphatic rings. The van der Waals surface area contributed by atoms with Gasteiger partial charge >= 0.3 is 5.97 Å². The smallest absolute Gasteiger partial charge is 0.338 e. The molecule has 0 atom stereocenters. The summed E-state index contributed by atoms with van der Waals surface area (Å²) < 4.78 is 34.8. The van der Waals surface area contributed by atoms with E-state index in [2.05, 4.69) is 6.58 Å². The fourth-order valence-corrected chi connectivity index (χ4v) is 5.80. The number of benzene rings is 1. The van der Waals surface area contributed by atoms with Crippen LogP contribution in [0.25, 0.3) is 0 Å². The van der Waals surface area contributed by atoms with Crippen molar-refractivity contribution in [3.8, 4) is 0 Å². The maximum atomic E-state index is 13.1. The first kappa shape index (κ1) is 23.9. The third kappa shape index (κ3) is 4.86. The number of allylic oxidation sites excluding steroid dienone is 1. The lowest BCUT2D eigenvalue weighted by molar-refractivity contribution is 0.0474. The first-order valence-corrected chi connectivity index (χ1v) is 12.2. The minimum absolute atomic E-state index is 0.105. The minimum atomic E-state index is -3.69. The Morgan fingerprint density at radius 2 is 1.78 bits per heavy atom. The molecule has 2 heterocycles. The van der Waals surface area contributed by atoms with Gasteiger partial charge in [-0.15, -0.1) is 6.58 Å². The van der Waals surface area contributed by atoms with Crippen LogP contribution in [0.15, 0.2) is 41.8 Å². The van der Waals surface area contributed by atoms with Crippen molar-refractivity contribution in [2.24, 2.45) is 0 Å². The SMILES string of the molecule is C=CCn1c(C)cc(C(=O)COC(=O)c2ccc(C)c(S(=O)(=O)N3CCCCC3)c2)c1C. The minimum Gasteiger partial charge on any atom is -0.454 e. The summed E-state index contributed by atoms with van der Waals surface area (Å²) >= 11 is 0. The van der Waals surface area contributed by atoms with Gasteiger partial charge in [-0.05, 0) is 57.4 Å². The number of sulfonamides is 1. The summed E-state index contributed by atoms with van der Waals surface area (Å²) in [5, 5.41) is 0. The number of ketones is 1. The Morgan fingerprint density at radius 1 is 1.09 bits per heavy atom. The summed E-state index contributed by atoms with van der Waals surface area (Å²) in [6.07, 6.45) is 4.42. The van der Waals surface area contributed by atoms with Crippen LogP contribution in [0.4, 0.5) is 0 Å². The molecular weight excluding hydrogens is 428 g/mol. The van der Waals surface area contributed by atoms with E-state index in [1.807, 2.05) is 18.4 Å². The average molecular weight is 459 g/mol. The highest BCUT2D eigenvalue weighted by atomic mass is 32.2. The Labute approximate surface area is 189 Å². The van der Waals surface area contributed by atoms with Crippen molar-refractivity contribution in [2.75, 3.05) is 19.7 Å². The van der Waals surface area contributed by atoms with Crippen molar-refractivity contribution in [3.05, 3.63) is 65.0 Å². The van der Waals surface area contributed by atoms with Crippen molar-refractivity contribution < 1.29 is 22.7 Å². The Morgan fingerprint density at radius 3 is 2.44 bits per heavy atom. The first-order valence-electron chi connectivity index (χ1n) is 10.8. The highest BCUT2D eigenvalue weighted by Gasteiger charge is 2.28. The number of carbonyl (C=O) groups is 2. The first-order chi connectivity index (χ1) is 15.2. The van der Waals surface area contributed by atoms with Gasteiger partial charge in [0.25, 0.3) is 0 Å². The summed E-state index contributed by atoms with van der Waals surface area (Å²) in [4.78, 5) is 25.3. The molecule has 1 saturated heterocycles. The third-order valence-electron chi connectivity index (χ3n) is 5.88. The molecule has 7 nitrogen and oxygen atoms in total. The molecule has 1 aliphatic heterocycles.